The highest BCUT2D eigenvalue weighted by Gasteiger charge is 2.30. The van der Waals surface area contributed by atoms with Crippen LogP contribution in [0.3, 0.4) is 0 Å². The predicted molar refractivity (Wildman–Crippen MR) is 132 cm³/mol. The number of nitrogens with one attached hydrogen (secondary N) is 1. The fraction of sp³-hybridized carbons (Fsp3) is 0.654. The summed E-state index contributed by atoms with van der Waals surface area (Å²) in [6.07, 6.45) is 1.54. The summed E-state index contributed by atoms with van der Waals surface area (Å²) in [5.74, 6) is 0.1000. The minimum absolute atomic E-state index is 0.0230. The highest BCUT2D eigenvalue weighted by Crippen LogP contribution is 2.28. The molecule has 2 heterocycles. The van der Waals surface area contributed by atoms with Crippen molar-refractivity contribution in [3.63, 3.8) is 0 Å². The number of hydrogen-bond acceptors (Lipinski definition) is 6. The Bertz CT molecular complexity index is 901. The number of amides is 3. The van der Waals surface area contributed by atoms with Crippen LogP contribution in [0.4, 0.5) is 5.69 Å². The van der Waals surface area contributed by atoms with Gasteiger partial charge in [0.15, 0.2) is 0 Å². The predicted octanol–water partition coefficient (Wildman–Crippen LogP) is 2.79. The lowest BCUT2D eigenvalue weighted by atomic mass is 9.99. The number of ether oxygens (including phenoxy) is 3. The van der Waals surface area contributed by atoms with Gasteiger partial charge in [-0.3, -0.25) is 14.4 Å². The molecule has 0 bridgehead atoms. The summed E-state index contributed by atoms with van der Waals surface area (Å²) in [4.78, 5) is 42.2. The third-order valence-corrected chi connectivity index (χ3v) is 6.93. The number of hydrogen-bond donors (Lipinski definition) is 1. The van der Waals surface area contributed by atoms with Gasteiger partial charge in [-0.2, -0.15) is 0 Å². The highest BCUT2D eigenvalue weighted by molar-refractivity contribution is 5.98. The second-order valence-electron chi connectivity index (χ2n) is 9.58. The number of likely N-dealkylation sites (N-methyl/N-ethyl adjacent to an activating group) is 1. The molecule has 9 nitrogen and oxygen atoms in total. The second kappa shape index (κ2) is 12.4. The molecule has 1 fully saturated rings. The first kappa shape index (κ1) is 26.9. The van der Waals surface area contributed by atoms with Crippen molar-refractivity contribution in [3.05, 3.63) is 23.8 Å². The molecule has 0 radical (unpaired) electrons. The first-order valence-corrected chi connectivity index (χ1v) is 12.5. The van der Waals surface area contributed by atoms with E-state index < -0.39 is 0 Å². The average molecular weight is 490 g/mol. The number of nitrogens with zero attached hydrogens (tertiary/aromatic N) is 2. The molecule has 1 saturated heterocycles. The van der Waals surface area contributed by atoms with Crippen LogP contribution in [0.5, 0.6) is 5.75 Å². The standard InChI is InChI=1S/C26H39N3O6/c1-6-24(30)29-14-17(2)23(33-5)15-28(4)26(32)21-8-7-20(13-22(21)35-16-18(29)3)27-25(31)19-9-11-34-12-10-19/h7-8,13,17-19,23H,6,9-12,14-16H2,1-5H3,(H,27,31)/t17-,18+,23-/m0/s1. The lowest BCUT2D eigenvalue weighted by Gasteiger charge is -2.36. The summed E-state index contributed by atoms with van der Waals surface area (Å²) in [6, 6.07) is 4.90. The Hall–Kier alpha value is -2.65. The van der Waals surface area contributed by atoms with Crippen LogP contribution in [0.25, 0.3) is 0 Å². The molecule has 3 amide bonds. The van der Waals surface area contributed by atoms with Crippen molar-refractivity contribution in [1.82, 2.24) is 9.80 Å². The van der Waals surface area contributed by atoms with Crippen LogP contribution >= 0.6 is 0 Å². The monoisotopic (exact) mass is 489 g/mol. The maximum atomic E-state index is 13.3. The molecule has 1 aromatic rings. The number of methoxy groups -OCH3 is 1. The minimum Gasteiger partial charge on any atom is -0.491 e. The van der Waals surface area contributed by atoms with Gasteiger partial charge in [0, 0.05) is 70.5 Å². The largest absolute Gasteiger partial charge is 0.491 e. The van der Waals surface area contributed by atoms with Crippen LogP contribution in [0.1, 0.15) is 50.4 Å². The maximum Gasteiger partial charge on any atom is 0.257 e. The van der Waals surface area contributed by atoms with Gasteiger partial charge in [-0.15, -0.1) is 0 Å². The van der Waals surface area contributed by atoms with Crippen molar-refractivity contribution in [2.75, 3.05) is 52.4 Å². The molecule has 0 aliphatic carbocycles. The van der Waals surface area contributed by atoms with E-state index >= 15 is 0 Å². The van der Waals surface area contributed by atoms with E-state index in [0.717, 1.165) is 0 Å². The van der Waals surface area contributed by atoms with Crippen LogP contribution in [0.15, 0.2) is 18.2 Å². The number of carbonyl (C=O) groups is 3. The summed E-state index contributed by atoms with van der Waals surface area (Å²) in [5, 5.41) is 2.96. The third kappa shape index (κ3) is 6.73. The van der Waals surface area contributed by atoms with Gasteiger partial charge in [-0.25, -0.2) is 0 Å². The van der Waals surface area contributed by atoms with Crippen LogP contribution in [-0.2, 0) is 19.1 Å². The maximum absolute atomic E-state index is 13.3. The Morgan fingerprint density at radius 2 is 1.89 bits per heavy atom. The van der Waals surface area contributed by atoms with Crippen molar-refractivity contribution in [3.8, 4) is 5.75 Å². The van der Waals surface area contributed by atoms with Crippen molar-refractivity contribution in [1.29, 1.82) is 0 Å². The molecule has 0 unspecified atom stereocenters. The van der Waals surface area contributed by atoms with Gasteiger partial charge >= 0.3 is 0 Å². The zero-order chi connectivity index (χ0) is 25.5. The van der Waals surface area contributed by atoms with Gasteiger partial charge in [0.1, 0.15) is 12.4 Å². The van der Waals surface area contributed by atoms with Crippen molar-refractivity contribution in [2.24, 2.45) is 11.8 Å². The SMILES string of the molecule is CCC(=O)N1C[C@H](C)[C@@H](OC)CN(C)C(=O)c2ccc(NC(=O)C3CCOCC3)cc2OC[C@H]1C. The lowest BCUT2D eigenvalue weighted by molar-refractivity contribution is -0.135. The minimum atomic E-state index is -0.231. The summed E-state index contributed by atoms with van der Waals surface area (Å²) in [6.45, 7) is 8.08. The van der Waals surface area contributed by atoms with Crippen molar-refractivity contribution in [2.45, 2.75) is 52.2 Å². The zero-order valence-corrected chi connectivity index (χ0v) is 21.5. The smallest absolute Gasteiger partial charge is 0.257 e. The van der Waals surface area contributed by atoms with Crippen LogP contribution in [0.2, 0.25) is 0 Å². The summed E-state index contributed by atoms with van der Waals surface area (Å²) in [7, 11) is 3.36. The van der Waals surface area contributed by atoms with Gasteiger partial charge in [-0.05, 0) is 31.9 Å². The first-order chi connectivity index (χ1) is 16.7. The van der Waals surface area contributed by atoms with Crippen molar-refractivity contribution >= 4 is 23.4 Å². The van der Waals surface area contributed by atoms with E-state index in [0.29, 0.717) is 62.6 Å². The molecule has 2 aliphatic heterocycles. The van der Waals surface area contributed by atoms with Gasteiger partial charge in [-0.1, -0.05) is 13.8 Å². The highest BCUT2D eigenvalue weighted by atomic mass is 16.5. The number of anilines is 1. The summed E-state index contributed by atoms with van der Waals surface area (Å²) >= 11 is 0. The molecule has 3 atom stereocenters. The fourth-order valence-electron chi connectivity index (χ4n) is 4.60. The topological polar surface area (TPSA) is 97.4 Å². The number of carbonyl (C=O) groups excluding carboxylic acids is 3. The molecule has 1 aromatic carbocycles. The van der Waals surface area contributed by atoms with Gasteiger partial charge in [0.25, 0.3) is 5.91 Å². The molecular weight excluding hydrogens is 450 g/mol. The van der Waals surface area contributed by atoms with E-state index in [2.05, 4.69) is 5.32 Å². The summed E-state index contributed by atoms with van der Waals surface area (Å²) in [5.41, 5.74) is 0.973. The molecular formula is C26H39N3O6. The quantitative estimate of drug-likeness (QED) is 0.699. The summed E-state index contributed by atoms with van der Waals surface area (Å²) < 4.78 is 17.2. The van der Waals surface area contributed by atoms with Crippen LogP contribution in [-0.4, -0.2) is 86.7 Å². The number of fused-ring (bicyclic) bond motifs is 1. The molecule has 35 heavy (non-hydrogen) atoms. The molecule has 0 spiro atoms. The molecule has 3 rings (SSSR count). The molecule has 2 aliphatic rings. The Morgan fingerprint density at radius 3 is 2.54 bits per heavy atom. The van der Waals surface area contributed by atoms with E-state index in [4.69, 9.17) is 14.2 Å². The molecule has 1 N–H and O–H groups in total. The lowest BCUT2D eigenvalue weighted by Crippen LogP contribution is -2.48. The Labute approximate surface area is 208 Å². The Kier molecular flexibility index (Phi) is 9.51. The van der Waals surface area contributed by atoms with Gasteiger partial charge < -0.3 is 29.3 Å². The first-order valence-electron chi connectivity index (χ1n) is 12.5. The molecule has 194 valence electrons. The Balaban J connectivity index is 1.89. The van der Waals surface area contributed by atoms with E-state index in [1.807, 2.05) is 25.7 Å². The second-order valence-corrected chi connectivity index (χ2v) is 9.58. The van der Waals surface area contributed by atoms with E-state index in [1.165, 1.54) is 0 Å². The number of benzene rings is 1. The molecule has 0 aromatic heterocycles. The number of rotatable bonds is 4. The van der Waals surface area contributed by atoms with Crippen LogP contribution < -0.4 is 10.1 Å². The average Bonchev–Trinajstić information content (AvgIpc) is 2.87. The van der Waals surface area contributed by atoms with Crippen LogP contribution in [0, 0.1) is 11.8 Å². The van der Waals surface area contributed by atoms with Gasteiger partial charge in [0.2, 0.25) is 11.8 Å². The van der Waals surface area contributed by atoms with Gasteiger partial charge in [0.05, 0.1) is 17.7 Å². The van der Waals surface area contributed by atoms with Crippen molar-refractivity contribution < 1.29 is 28.6 Å². The van der Waals surface area contributed by atoms with E-state index in [9.17, 15) is 14.4 Å². The molecule has 9 heteroatoms. The zero-order valence-electron chi connectivity index (χ0n) is 21.5. The van der Waals surface area contributed by atoms with E-state index in [-0.39, 0.29) is 48.3 Å². The molecule has 0 saturated carbocycles. The van der Waals surface area contributed by atoms with E-state index in [1.54, 1.807) is 37.3 Å². The Morgan fingerprint density at radius 1 is 1.17 bits per heavy atom. The fourth-order valence-corrected chi connectivity index (χ4v) is 4.60. The normalized spacial score (nSPS) is 24.6. The third-order valence-electron chi connectivity index (χ3n) is 6.93.